The zero-order chi connectivity index (χ0) is 25.6. The summed E-state index contributed by atoms with van der Waals surface area (Å²) in [5, 5.41) is 13.5. The van der Waals surface area contributed by atoms with Crippen molar-refractivity contribution in [2.45, 2.75) is 81.2 Å². The Morgan fingerprint density at radius 1 is 0.973 bits per heavy atom. The van der Waals surface area contributed by atoms with Crippen LogP contribution in [0.2, 0.25) is 0 Å². The van der Waals surface area contributed by atoms with E-state index in [-0.39, 0.29) is 30.7 Å². The second kappa shape index (κ2) is 10.0. The van der Waals surface area contributed by atoms with E-state index < -0.39 is 23.8 Å². The summed E-state index contributed by atoms with van der Waals surface area (Å²) in [5.74, 6) is -0.731. The molecule has 0 radical (unpaired) electrons. The molecule has 9 nitrogen and oxygen atoms in total. The summed E-state index contributed by atoms with van der Waals surface area (Å²) < 4.78 is 5.45. The largest absolute Gasteiger partial charge is 0.388 e. The fraction of sp³-hybridized carbons (Fsp3) is 0.679. The molecule has 3 heterocycles. The Labute approximate surface area is 218 Å². The summed E-state index contributed by atoms with van der Waals surface area (Å²) in [6.07, 6.45) is 6.17. The van der Waals surface area contributed by atoms with Crippen LogP contribution in [-0.4, -0.2) is 102 Å². The Kier molecular flexibility index (Phi) is 6.71. The maximum atomic E-state index is 13.9. The number of aliphatic hydroxyl groups excluding tert-OH is 1. The van der Waals surface area contributed by atoms with Gasteiger partial charge in [-0.3, -0.25) is 19.3 Å². The van der Waals surface area contributed by atoms with Gasteiger partial charge in [0.25, 0.3) is 5.91 Å². The number of Topliss-reactive ketones (excluding diaryl/α,β-unsaturated/α-hetero) is 1. The highest BCUT2D eigenvalue weighted by Gasteiger charge is 2.55. The Hall–Kier alpha value is -2.49. The lowest BCUT2D eigenvalue weighted by Crippen LogP contribution is -2.62. The molecule has 5 fully saturated rings. The number of anilines is 1. The Morgan fingerprint density at radius 3 is 2.32 bits per heavy atom. The zero-order valence-electron chi connectivity index (χ0n) is 21.4. The summed E-state index contributed by atoms with van der Waals surface area (Å²) in [7, 11) is 0. The molecular formula is C28H38N4O5. The average molecular weight is 511 g/mol. The van der Waals surface area contributed by atoms with Gasteiger partial charge in [0.1, 0.15) is 30.4 Å². The summed E-state index contributed by atoms with van der Waals surface area (Å²) in [4.78, 5) is 46.2. The molecular weight excluding hydrogens is 472 g/mol. The highest BCUT2D eigenvalue weighted by atomic mass is 16.5. The van der Waals surface area contributed by atoms with Crippen LogP contribution in [0.15, 0.2) is 24.3 Å². The number of amides is 2. The molecule has 5 aliphatic rings. The zero-order valence-corrected chi connectivity index (χ0v) is 21.4. The van der Waals surface area contributed by atoms with E-state index in [0.29, 0.717) is 18.4 Å². The highest BCUT2D eigenvalue weighted by molar-refractivity contribution is 6.01. The van der Waals surface area contributed by atoms with E-state index in [9.17, 15) is 19.5 Å². The van der Waals surface area contributed by atoms with E-state index in [1.807, 2.05) is 24.3 Å². The van der Waals surface area contributed by atoms with Crippen molar-refractivity contribution in [2.24, 2.45) is 0 Å². The molecule has 1 aromatic carbocycles. The van der Waals surface area contributed by atoms with Crippen LogP contribution in [0.1, 0.15) is 61.7 Å². The monoisotopic (exact) mass is 510 g/mol. The van der Waals surface area contributed by atoms with E-state index >= 15 is 0 Å². The second-order valence-electron chi connectivity index (χ2n) is 11.5. The van der Waals surface area contributed by atoms with Crippen molar-refractivity contribution >= 4 is 23.3 Å². The number of ketones is 1. The van der Waals surface area contributed by atoms with Gasteiger partial charge in [0, 0.05) is 43.5 Å². The molecule has 6 rings (SSSR count). The molecule has 3 aliphatic heterocycles. The minimum absolute atomic E-state index is 0.0558. The molecule has 0 bridgehead atoms. The van der Waals surface area contributed by atoms with Gasteiger partial charge in [-0.05, 0) is 49.9 Å². The summed E-state index contributed by atoms with van der Waals surface area (Å²) >= 11 is 0. The van der Waals surface area contributed by atoms with E-state index in [1.54, 1.807) is 0 Å². The molecule has 2 aliphatic carbocycles. The lowest BCUT2D eigenvalue weighted by atomic mass is 9.80. The van der Waals surface area contributed by atoms with Gasteiger partial charge in [0.2, 0.25) is 5.91 Å². The summed E-state index contributed by atoms with van der Waals surface area (Å²) in [6.45, 7) is 4.12. The topological polar surface area (TPSA) is 102 Å². The number of carbonyl (C=O) groups excluding carboxylic acids is 3. The minimum atomic E-state index is -1.07. The summed E-state index contributed by atoms with van der Waals surface area (Å²) in [5.41, 5.74) is 0.572. The number of fused-ring (bicyclic) bond motifs is 1. The van der Waals surface area contributed by atoms with Crippen LogP contribution in [0.5, 0.6) is 0 Å². The van der Waals surface area contributed by atoms with E-state index in [0.717, 1.165) is 57.2 Å². The molecule has 3 saturated heterocycles. The number of rotatable bonds is 5. The first-order valence-corrected chi connectivity index (χ1v) is 14.0. The molecule has 0 unspecified atom stereocenters. The lowest BCUT2D eigenvalue weighted by molar-refractivity contribution is -0.143. The van der Waals surface area contributed by atoms with Crippen molar-refractivity contribution in [2.75, 3.05) is 44.2 Å². The minimum Gasteiger partial charge on any atom is -0.388 e. The van der Waals surface area contributed by atoms with Crippen LogP contribution in [0.4, 0.5) is 5.69 Å². The first-order chi connectivity index (χ1) is 17.9. The molecule has 37 heavy (non-hydrogen) atoms. The SMILES string of the molecule is O=C(NC1(C(=O)N2C[C@H](O)[C@H]3OCC(=O)[C@H]32)CCCCC1)c1ccc(N2CCN(C3CCC3)CC2)cc1. The third kappa shape index (κ3) is 4.55. The Morgan fingerprint density at radius 2 is 1.68 bits per heavy atom. The van der Waals surface area contributed by atoms with Gasteiger partial charge in [-0.2, -0.15) is 0 Å². The number of likely N-dealkylation sites (tertiary alicyclic amines) is 1. The summed E-state index contributed by atoms with van der Waals surface area (Å²) in [6, 6.07) is 7.69. The first kappa shape index (κ1) is 24.8. The first-order valence-electron chi connectivity index (χ1n) is 14.0. The third-order valence-corrected chi connectivity index (χ3v) is 9.29. The van der Waals surface area contributed by atoms with Gasteiger partial charge in [-0.15, -0.1) is 0 Å². The van der Waals surface area contributed by atoms with Gasteiger partial charge in [0.15, 0.2) is 5.78 Å². The highest BCUT2D eigenvalue weighted by Crippen LogP contribution is 2.35. The number of hydrogen-bond donors (Lipinski definition) is 2. The number of nitrogens with zero attached hydrogens (tertiary/aromatic N) is 3. The second-order valence-corrected chi connectivity index (χ2v) is 11.5. The fourth-order valence-electron chi connectivity index (χ4n) is 6.87. The number of carbonyl (C=O) groups is 3. The predicted octanol–water partition coefficient (Wildman–Crippen LogP) is 1.33. The van der Waals surface area contributed by atoms with Crippen LogP contribution in [0.25, 0.3) is 0 Å². The van der Waals surface area contributed by atoms with Crippen molar-refractivity contribution < 1.29 is 24.2 Å². The standard InChI is InChI=1S/C28H38N4O5/c33-22-17-32(24-23(34)18-37-25(22)24)27(36)28(11-2-1-3-12-28)29-26(35)19-7-9-21(10-8-19)31-15-13-30(14-16-31)20-5-4-6-20/h7-10,20,22,24-25,33H,1-6,11-18H2,(H,29,35)/t22-,24+,25+/m0/s1. The van der Waals surface area contributed by atoms with Gasteiger partial charge in [0.05, 0.1) is 6.54 Å². The van der Waals surface area contributed by atoms with E-state index in [2.05, 4.69) is 15.1 Å². The van der Waals surface area contributed by atoms with Gasteiger partial charge in [-0.25, -0.2) is 0 Å². The number of nitrogens with one attached hydrogen (secondary N) is 1. The van der Waals surface area contributed by atoms with E-state index in [1.165, 1.54) is 24.2 Å². The Balaban J connectivity index is 1.13. The van der Waals surface area contributed by atoms with Crippen LogP contribution in [-0.2, 0) is 14.3 Å². The number of benzene rings is 1. The quantitative estimate of drug-likeness (QED) is 0.616. The van der Waals surface area contributed by atoms with Gasteiger partial charge >= 0.3 is 0 Å². The van der Waals surface area contributed by atoms with Crippen LogP contribution in [0.3, 0.4) is 0 Å². The van der Waals surface area contributed by atoms with Crippen molar-refractivity contribution in [1.29, 1.82) is 0 Å². The fourth-order valence-corrected chi connectivity index (χ4v) is 6.87. The predicted molar refractivity (Wildman–Crippen MR) is 137 cm³/mol. The lowest BCUT2D eigenvalue weighted by Gasteiger charge is -2.43. The molecule has 0 spiro atoms. The number of β-amino-alcohol motifs (C(OH)–C–C–N with tert-alkyl or cyclic N) is 1. The molecule has 9 heteroatoms. The van der Waals surface area contributed by atoms with Gasteiger partial charge < -0.3 is 25.0 Å². The molecule has 1 aromatic rings. The molecule has 0 aromatic heterocycles. The smallest absolute Gasteiger partial charge is 0.252 e. The number of aliphatic hydroxyl groups is 1. The molecule has 2 amide bonds. The Bertz CT molecular complexity index is 1030. The normalized spacial score (nSPS) is 30.2. The van der Waals surface area contributed by atoms with Crippen molar-refractivity contribution in [3.63, 3.8) is 0 Å². The van der Waals surface area contributed by atoms with Crippen molar-refractivity contribution in [3.05, 3.63) is 29.8 Å². The average Bonchev–Trinajstić information content (AvgIpc) is 3.44. The maximum absolute atomic E-state index is 13.9. The third-order valence-electron chi connectivity index (χ3n) is 9.29. The van der Waals surface area contributed by atoms with Crippen molar-refractivity contribution in [3.8, 4) is 0 Å². The molecule has 2 saturated carbocycles. The molecule has 200 valence electrons. The van der Waals surface area contributed by atoms with Crippen LogP contribution >= 0.6 is 0 Å². The van der Waals surface area contributed by atoms with Crippen molar-refractivity contribution in [1.82, 2.24) is 15.1 Å². The number of hydrogen-bond acceptors (Lipinski definition) is 7. The number of piperazine rings is 1. The molecule has 2 N–H and O–H groups in total. The van der Waals surface area contributed by atoms with E-state index in [4.69, 9.17) is 4.74 Å². The van der Waals surface area contributed by atoms with Crippen LogP contribution in [0, 0.1) is 0 Å². The number of ether oxygens (including phenoxy) is 1. The molecule has 3 atom stereocenters. The van der Waals surface area contributed by atoms with Gasteiger partial charge in [-0.1, -0.05) is 25.7 Å². The van der Waals surface area contributed by atoms with Crippen LogP contribution < -0.4 is 10.2 Å². The maximum Gasteiger partial charge on any atom is 0.252 e.